The number of rotatable bonds is 6. The van der Waals surface area contributed by atoms with Crippen LogP contribution in [0.4, 0.5) is 11.5 Å². The smallest absolute Gasteiger partial charge is 0.334 e. The summed E-state index contributed by atoms with van der Waals surface area (Å²) in [5.41, 5.74) is 0.557. The first-order valence-corrected chi connectivity index (χ1v) is 6.43. The van der Waals surface area contributed by atoms with Crippen molar-refractivity contribution in [2.45, 2.75) is 26.3 Å². The van der Waals surface area contributed by atoms with Crippen molar-refractivity contribution >= 4 is 11.5 Å². The Balaban J connectivity index is 2.16. The lowest BCUT2D eigenvalue weighted by molar-refractivity contribution is -0.384. The maximum atomic E-state index is 11.2. The van der Waals surface area contributed by atoms with Crippen LogP contribution in [0, 0.1) is 10.1 Å². The molecule has 0 spiro atoms. The molecule has 0 fully saturated rings. The lowest BCUT2D eigenvalue weighted by Gasteiger charge is -2.06. The van der Waals surface area contributed by atoms with E-state index in [-0.39, 0.29) is 16.5 Å². The van der Waals surface area contributed by atoms with Gasteiger partial charge in [-0.25, -0.2) is 4.68 Å². The second kappa shape index (κ2) is 5.72. The molecule has 108 valence electrons. The molecule has 0 amide bonds. The Morgan fingerprint density at radius 1 is 1.50 bits per heavy atom. The van der Waals surface area contributed by atoms with Gasteiger partial charge in [0.15, 0.2) is 0 Å². The minimum absolute atomic E-state index is 0.00302. The van der Waals surface area contributed by atoms with E-state index in [9.17, 15) is 10.1 Å². The lowest BCUT2D eigenvalue weighted by Crippen LogP contribution is -2.13. The summed E-state index contributed by atoms with van der Waals surface area (Å²) in [5, 5.41) is 22.6. The summed E-state index contributed by atoms with van der Waals surface area (Å²) in [4.78, 5) is 10.9. The molecule has 0 aromatic carbocycles. The molecule has 0 saturated heterocycles. The highest BCUT2D eigenvalue weighted by atomic mass is 16.6. The number of nitro groups is 1. The Bertz CT molecular complexity index is 587. The van der Waals surface area contributed by atoms with Gasteiger partial charge >= 0.3 is 5.69 Å². The van der Waals surface area contributed by atoms with Crippen molar-refractivity contribution < 1.29 is 4.92 Å². The van der Waals surface area contributed by atoms with E-state index in [1.807, 2.05) is 26.1 Å². The van der Waals surface area contributed by atoms with E-state index in [1.165, 1.54) is 4.68 Å². The van der Waals surface area contributed by atoms with Crippen LogP contribution in [0.1, 0.15) is 25.5 Å². The maximum Gasteiger partial charge on any atom is 0.334 e. The Kier molecular flexibility index (Phi) is 4.02. The largest absolute Gasteiger partial charge is 0.363 e. The highest BCUT2D eigenvalue weighted by Gasteiger charge is 2.28. The summed E-state index contributed by atoms with van der Waals surface area (Å²) in [6.45, 7) is 4.96. The first kappa shape index (κ1) is 14.0. The zero-order valence-corrected chi connectivity index (χ0v) is 11.8. The first-order chi connectivity index (χ1) is 9.50. The van der Waals surface area contributed by atoms with Gasteiger partial charge in [-0.2, -0.15) is 10.2 Å². The Labute approximate surface area is 116 Å². The predicted octanol–water partition coefficient (Wildman–Crippen LogP) is 1.76. The van der Waals surface area contributed by atoms with Crippen molar-refractivity contribution in [2.24, 2.45) is 7.05 Å². The van der Waals surface area contributed by atoms with Gasteiger partial charge in [0, 0.05) is 31.9 Å². The van der Waals surface area contributed by atoms with E-state index < -0.39 is 0 Å². The van der Waals surface area contributed by atoms with Crippen molar-refractivity contribution in [2.75, 3.05) is 11.9 Å². The van der Waals surface area contributed by atoms with Gasteiger partial charge in [-0.1, -0.05) is 13.8 Å². The van der Waals surface area contributed by atoms with Crippen LogP contribution < -0.4 is 5.32 Å². The highest BCUT2D eigenvalue weighted by molar-refractivity contribution is 5.60. The van der Waals surface area contributed by atoms with Crippen LogP contribution in [-0.2, 0) is 13.6 Å². The fourth-order valence-electron chi connectivity index (χ4n) is 2.02. The van der Waals surface area contributed by atoms with E-state index in [0.29, 0.717) is 24.6 Å². The molecule has 0 aliphatic rings. The lowest BCUT2D eigenvalue weighted by atomic mass is 10.1. The van der Waals surface area contributed by atoms with Crippen molar-refractivity contribution in [3.8, 4) is 0 Å². The van der Waals surface area contributed by atoms with Gasteiger partial charge in [0.1, 0.15) is 5.69 Å². The van der Waals surface area contributed by atoms with Gasteiger partial charge in [0.2, 0.25) is 5.82 Å². The first-order valence-electron chi connectivity index (χ1n) is 6.43. The van der Waals surface area contributed by atoms with Gasteiger partial charge in [0.25, 0.3) is 0 Å². The summed E-state index contributed by atoms with van der Waals surface area (Å²) in [5.74, 6) is 0.439. The Morgan fingerprint density at radius 3 is 2.80 bits per heavy atom. The van der Waals surface area contributed by atoms with E-state index in [1.54, 1.807) is 17.9 Å². The van der Waals surface area contributed by atoms with Crippen molar-refractivity contribution in [3.05, 3.63) is 34.3 Å². The van der Waals surface area contributed by atoms with Gasteiger partial charge in [-0.05, 0) is 6.07 Å². The molecule has 2 aromatic heterocycles. The standard InChI is InChI=1S/C12H18N6O2/c1-9(2)10-11(18(19)20)12(16(3)15-10)13-6-8-17-7-4-5-14-17/h4-5,7,9,13H,6,8H2,1-3H3. The average Bonchev–Trinajstić information content (AvgIpc) is 2.98. The molecular weight excluding hydrogens is 260 g/mol. The summed E-state index contributed by atoms with van der Waals surface area (Å²) in [6.07, 6.45) is 3.54. The predicted molar refractivity (Wildman–Crippen MR) is 74.7 cm³/mol. The van der Waals surface area contributed by atoms with E-state index >= 15 is 0 Å². The molecule has 2 aromatic rings. The molecule has 8 heteroatoms. The van der Waals surface area contributed by atoms with E-state index in [2.05, 4.69) is 15.5 Å². The van der Waals surface area contributed by atoms with Crippen LogP contribution in [0.25, 0.3) is 0 Å². The number of anilines is 1. The maximum absolute atomic E-state index is 11.2. The number of aromatic nitrogens is 4. The third-order valence-electron chi connectivity index (χ3n) is 2.97. The molecule has 0 radical (unpaired) electrons. The average molecular weight is 278 g/mol. The molecular formula is C12H18N6O2. The van der Waals surface area contributed by atoms with Gasteiger partial charge < -0.3 is 5.32 Å². The Hall–Kier alpha value is -2.38. The second-order valence-electron chi connectivity index (χ2n) is 4.81. The summed E-state index contributed by atoms with van der Waals surface area (Å²) in [7, 11) is 1.70. The normalized spacial score (nSPS) is 11.0. The fourth-order valence-corrected chi connectivity index (χ4v) is 2.02. The van der Waals surface area contributed by atoms with Crippen LogP contribution in [0.15, 0.2) is 18.5 Å². The van der Waals surface area contributed by atoms with Crippen LogP contribution >= 0.6 is 0 Å². The summed E-state index contributed by atoms with van der Waals surface area (Å²) < 4.78 is 3.29. The second-order valence-corrected chi connectivity index (χ2v) is 4.81. The van der Waals surface area contributed by atoms with Crippen molar-refractivity contribution in [3.63, 3.8) is 0 Å². The molecule has 0 aliphatic carbocycles. The Morgan fingerprint density at radius 2 is 2.25 bits per heavy atom. The summed E-state index contributed by atoms with van der Waals surface area (Å²) in [6, 6.07) is 1.84. The minimum atomic E-state index is -0.376. The molecule has 0 bridgehead atoms. The molecule has 0 aliphatic heterocycles. The SMILES string of the molecule is CC(C)c1nn(C)c(NCCn2cccn2)c1[N+](=O)[O-]. The van der Waals surface area contributed by atoms with Crippen LogP contribution in [-0.4, -0.2) is 31.0 Å². The monoisotopic (exact) mass is 278 g/mol. The quantitative estimate of drug-likeness (QED) is 0.642. The van der Waals surface area contributed by atoms with E-state index in [0.717, 1.165) is 0 Å². The number of nitrogens with zero attached hydrogens (tertiary/aromatic N) is 5. The molecule has 0 saturated carbocycles. The topological polar surface area (TPSA) is 90.8 Å². The zero-order valence-electron chi connectivity index (χ0n) is 11.8. The van der Waals surface area contributed by atoms with Crippen molar-refractivity contribution in [1.82, 2.24) is 19.6 Å². The van der Waals surface area contributed by atoms with E-state index in [4.69, 9.17) is 0 Å². The molecule has 20 heavy (non-hydrogen) atoms. The van der Waals surface area contributed by atoms with Gasteiger partial charge in [-0.3, -0.25) is 14.8 Å². The van der Waals surface area contributed by atoms with Crippen LogP contribution in [0.5, 0.6) is 0 Å². The summed E-state index contributed by atoms with van der Waals surface area (Å²) >= 11 is 0. The third-order valence-corrected chi connectivity index (χ3v) is 2.97. The number of aryl methyl sites for hydroxylation is 1. The number of hydrogen-bond donors (Lipinski definition) is 1. The van der Waals surface area contributed by atoms with Crippen LogP contribution in [0.2, 0.25) is 0 Å². The number of nitrogens with one attached hydrogen (secondary N) is 1. The van der Waals surface area contributed by atoms with Crippen LogP contribution in [0.3, 0.4) is 0 Å². The minimum Gasteiger partial charge on any atom is -0.363 e. The molecule has 1 N–H and O–H groups in total. The number of hydrogen-bond acceptors (Lipinski definition) is 5. The van der Waals surface area contributed by atoms with Gasteiger partial charge in [-0.15, -0.1) is 0 Å². The fraction of sp³-hybridized carbons (Fsp3) is 0.500. The highest BCUT2D eigenvalue weighted by Crippen LogP contribution is 2.32. The molecule has 0 atom stereocenters. The molecule has 2 heterocycles. The molecule has 2 rings (SSSR count). The zero-order chi connectivity index (χ0) is 14.7. The molecule has 8 nitrogen and oxygen atoms in total. The van der Waals surface area contributed by atoms with Gasteiger partial charge in [0.05, 0.1) is 11.5 Å². The third kappa shape index (κ3) is 2.79. The van der Waals surface area contributed by atoms with Crippen molar-refractivity contribution in [1.29, 1.82) is 0 Å². The molecule has 0 unspecified atom stereocenters.